The lowest BCUT2D eigenvalue weighted by atomic mass is 10.1. The molecule has 0 saturated heterocycles. The van der Waals surface area contributed by atoms with Crippen LogP contribution in [0.15, 0.2) is 24.3 Å². The Kier molecular flexibility index (Phi) is 5.26. The number of amides is 1. The Balaban J connectivity index is 2.12. The maximum absolute atomic E-state index is 12.6. The van der Waals surface area contributed by atoms with Crippen molar-refractivity contribution in [1.29, 1.82) is 0 Å². The van der Waals surface area contributed by atoms with Crippen LogP contribution >= 0.6 is 11.6 Å². The van der Waals surface area contributed by atoms with Crippen molar-refractivity contribution < 1.29 is 4.79 Å². The van der Waals surface area contributed by atoms with Crippen molar-refractivity contribution in [2.75, 3.05) is 12.4 Å². The topological polar surface area (TPSA) is 20.3 Å². The Morgan fingerprint density at radius 1 is 1.26 bits per heavy atom. The smallest absolute Gasteiger partial charge is 0.254 e. The second-order valence-corrected chi connectivity index (χ2v) is 5.55. The molecule has 104 valence electrons. The normalized spacial score (nSPS) is 15.7. The second-order valence-electron chi connectivity index (χ2n) is 5.18. The molecule has 2 rings (SSSR count). The fraction of sp³-hybridized carbons (Fsp3) is 0.562. The third-order valence-corrected chi connectivity index (χ3v) is 4.13. The van der Waals surface area contributed by atoms with Gasteiger partial charge in [0.1, 0.15) is 0 Å². The molecule has 0 unspecified atom stereocenters. The molecule has 0 N–H and O–H groups in total. The molecule has 2 nitrogen and oxygen atoms in total. The summed E-state index contributed by atoms with van der Waals surface area (Å²) >= 11 is 5.86. The van der Waals surface area contributed by atoms with E-state index in [2.05, 4.69) is 6.92 Å². The van der Waals surface area contributed by atoms with Gasteiger partial charge in [-0.1, -0.05) is 31.9 Å². The molecule has 1 amide bonds. The molecule has 0 bridgehead atoms. The number of hydrogen-bond acceptors (Lipinski definition) is 1. The lowest BCUT2D eigenvalue weighted by Crippen LogP contribution is -2.40. The third kappa shape index (κ3) is 3.50. The minimum Gasteiger partial charge on any atom is -0.334 e. The van der Waals surface area contributed by atoms with Crippen molar-refractivity contribution in [1.82, 2.24) is 4.90 Å². The van der Waals surface area contributed by atoms with Gasteiger partial charge in [0, 0.05) is 24.0 Å². The fourth-order valence-electron chi connectivity index (χ4n) is 2.81. The Morgan fingerprint density at radius 3 is 2.42 bits per heavy atom. The average molecular weight is 280 g/mol. The molecule has 1 aliphatic rings. The van der Waals surface area contributed by atoms with Gasteiger partial charge >= 0.3 is 0 Å². The summed E-state index contributed by atoms with van der Waals surface area (Å²) in [4.78, 5) is 14.6. The number of carbonyl (C=O) groups excluding carboxylic acids is 1. The van der Waals surface area contributed by atoms with E-state index >= 15 is 0 Å². The van der Waals surface area contributed by atoms with Crippen LogP contribution in [0.4, 0.5) is 0 Å². The molecule has 3 heteroatoms. The molecule has 0 spiro atoms. The van der Waals surface area contributed by atoms with Gasteiger partial charge in [-0.15, -0.1) is 11.6 Å². The van der Waals surface area contributed by atoms with Gasteiger partial charge < -0.3 is 4.90 Å². The molecule has 0 heterocycles. The molecule has 19 heavy (non-hydrogen) atoms. The van der Waals surface area contributed by atoms with Gasteiger partial charge in [-0.05, 0) is 37.0 Å². The number of carbonyl (C=O) groups is 1. The molecule has 0 aliphatic heterocycles. The molecular formula is C16H22ClNO. The zero-order chi connectivity index (χ0) is 13.7. The van der Waals surface area contributed by atoms with Crippen LogP contribution in [0, 0.1) is 0 Å². The van der Waals surface area contributed by atoms with Crippen LogP contribution in [-0.4, -0.2) is 29.3 Å². The number of aryl methyl sites for hydroxylation is 1. The minimum atomic E-state index is 0.134. The molecule has 1 aromatic carbocycles. The molecule has 1 fully saturated rings. The molecule has 1 saturated carbocycles. The highest BCUT2D eigenvalue weighted by atomic mass is 35.5. The average Bonchev–Trinajstić information content (AvgIpc) is 2.98. The maximum Gasteiger partial charge on any atom is 0.254 e. The molecule has 0 atom stereocenters. The highest BCUT2D eigenvalue weighted by molar-refractivity contribution is 6.18. The van der Waals surface area contributed by atoms with Gasteiger partial charge in [-0.3, -0.25) is 4.79 Å². The van der Waals surface area contributed by atoms with Crippen molar-refractivity contribution in [2.45, 2.75) is 45.1 Å². The van der Waals surface area contributed by atoms with Gasteiger partial charge in [-0.25, -0.2) is 0 Å². The van der Waals surface area contributed by atoms with E-state index in [0.717, 1.165) is 24.8 Å². The Hall–Kier alpha value is -1.02. The monoisotopic (exact) mass is 279 g/mol. The van der Waals surface area contributed by atoms with Gasteiger partial charge in [0.2, 0.25) is 0 Å². The van der Waals surface area contributed by atoms with Crippen LogP contribution in [0.2, 0.25) is 0 Å². The standard InChI is InChI=1S/C16H22ClNO/c1-2-13-7-9-14(10-8-13)16(19)18(12-11-17)15-5-3-4-6-15/h7-10,15H,2-6,11-12H2,1H3. The van der Waals surface area contributed by atoms with E-state index in [-0.39, 0.29) is 5.91 Å². The molecule has 1 aromatic rings. The quantitative estimate of drug-likeness (QED) is 0.749. The first kappa shape index (κ1) is 14.4. The summed E-state index contributed by atoms with van der Waals surface area (Å²) in [6.45, 7) is 2.77. The lowest BCUT2D eigenvalue weighted by Gasteiger charge is -2.28. The minimum absolute atomic E-state index is 0.134. The Bertz CT molecular complexity index is 409. The molecule has 0 aromatic heterocycles. The summed E-state index contributed by atoms with van der Waals surface area (Å²) in [6, 6.07) is 8.35. The molecule has 0 radical (unpaired) electrons. The van der Waals surface area contributed by atoms with Gasteiger partial charge in [0.05, 0.1) is 0 Å². The van der Waals surface area contributed by atoms with Crippen LogP contribution < -0.4 is 0 Å². The zero-order valence-electron chi connectivity index (χ0n) is 11.6. The van der Waals surface area contributed by atoms with Crippen LogP contribution in [-0.2, 0) is 6.42 Å². The van der Waals surface area contributed by atoms with E-state index in [0.29, 0.717) is 18.5 Å². The number of halogens is 1. The summed E-state index contributed by atoms with van der Waals surface area (Å²) in [5, 5.41) is 0. The third-order valence-electron chi connectivity index (χ3n) is 3.96. The lowest BCUT2D eigenvalue weighted by molar-refractivity contribution is 0.0695. The van der Waals surface area contributed by atoms with Crippen LogP contribution in [0.1, 0.15) is 48.5 Å². The highest BCUT2D eigenvalue weighted by Crippen LogP contribution is 2.25. The first-order chi connectivity index (χ1) is 9.26. The van der Waals surface area contributed by atoms with Gasteiger partial charge in [-0.2, -0.15) is 0 Å². The van der Waals surface area contributed by atoms with Crippen LogP contribution in [0.5, 0.6) is 0 Å². The summed E-state index contributed by atoms with van der Waals surface area (Å²) in [5.74, 6) is 0.644. The Morgan fingerprint density at radius 2 is 1.89 bits per heavy atom. The predicted molar refractivity (Wildman–Crippen MR) is 79.8 cm³/mol. The Labute approximate surface area is 120 Å². The highest BCUT2D eigenvalue weighted by Gasteiger charge is 2.26. The van der Waals surface area contributed by atoms with E-state index in [4.69, 9.17) is 11.6 Å². The van der Waals surface area contributed by atoms with Crippen LogP contribution in [0.25, 0.3) is 0 Å². The number of nitrogens with zero attached hydrogens (tertiary/aromatic N) is 1. The second kappa shape index (κ2) is 6.95. The first-order valence-corrected chi connectivity index (χ1v) is 7.75. The summed E-state index contributed by atoms with van der Waals surface area (Å²) in [6.07, 6.45) is 5.70. The number of rotatable bonds is 5. The number of hydrogen-bond donors (Lipinski definition) is 0. The van der Waals surface area contributed by atoms with E-state index in [9.17, 15) is 4.79 Å². The van der Waals surface area contributed by atoms with Crippen molar-refractivity contribution in [3.63, 3.8) is 0 Å². The van der Waals surface area contributed by atoms with Crippen molar-refractivity contribution in [3.05, 3.63) is 35.4 Å². The summed E-state index contributed by atoms with van der Waals surface area (Å²) < 4.78 is 0. The van der Waals surface area contributed by atoms with E-state index in [1.807, 2.05) is 29.2 Å². The molecule has 1 aliphatic carbocycles. The van der Waals surface area contributed by atoms with E-state index < -0.39 is 0 Å². The van der Waals surface area contributed by atoms with Gasteiger partial charge in [0.25, 0.3) is 5.91 Å². The number of benzene rings is 1. The fourth-order valence-corrected chi connectivity index (χ4v) is 2.99. The number of alkyl halides is 1. The van der Waals surface area contributed by atoms with Gasteiger partial charge in [0.15, 0.2) is 0 Å². The maximum atomic E-state index is 12.6. The summed E-state index contributed by atoms with van der Waals surface area (Å²) in [7, 11) is 0. The zero-order valence-corrected chi connectivity index (χ0v) is 12.3. The molecular weight excluding hydrogens is 258 g/mol. The first-order valence-electron chi connectivity index (χ1n) is 7.22. The van der Waals surface area contributed by atoms with Crippen molar-refractivity contribution >= 4 is 17.5 Å². The van der Waals surface area contributed by atoms with E-state index in [1.54, 1.807) is 0 Å². The SMILES string of the molecule is CCc1ccc(C(=O)N(CCCl)C2CCCC2)cc1. The largest absolute Gasteiger partial charge is 0.334 e. The van der Waals surface area contributed by atoms with Crippen molar-refractivity contribution in [3.8, 4) is 0 Å². The summed E-state index contributed by atoms with van der Waals surface area (Å²) in [5.41, 5.74) is 2.05. The predicted octanol–water partition coefficient (Wildman–Crippen LogP) is 3.87. The van der Waals surface area contributed by atoms with Crippen LogP contribution in [0.3, 0.4) is 0 Å². The van der Waals surface area contributed by atoms with E-state index in [1.165, 1.54) is 18.4 Å². The van der Waals surface area contributed by atoms with Crippen molar-refractivity contribution in [2.24, 2.45) is 0 Å².